The molecule has 0 aliphatic heterocycles. The zero-order valence-corrected chi connectivity index (χ0v) is 12.0. The molecular formula is C16H16N4O. The first-order valence-corrected chi connectivity index (χ1v) is 6.89. The smallest absolute Gasteiger partial charge is 0.261 e. The van der Waals surface area contributed by atoms with Crippen molar-refractivity contribution in [3.8, 4) is 0 Å². The van der Waals surface area contributed by atoms with Gasteiger partial charge in [0.15, 0.2) is 5.65 Å². The van der Waals surface area contributed by atoms with Gasteiger partial charge in [0, 0.05) is 18.1 Å². The highest BCUT2D eigenvalue weighted by molar-refractivity contribution is 6.08. The van der Waals surface area contributed by atoms with Crippen molar-refractivity contribution < 1.29 is 4.79 Å². The molecule has 1 amide bonds. The summed E-state index contributed by atoms with van der Waals surface area (Å²) in [5, 5.41) is 7.13. The van der Waals surface area contributed by atoms with Crippen LogP contribution < -0.4 is 5.32 Å². The lowest BCUT2D eigenvalue weighted by atomic mass is 10.1. The van der Waals surface area contributed by atoms with Gasteiger partial charge in [0.05, 0.1) is 6.20 Å². The number of para-hydroxylation sites is 1. The summed E-state index contributed by atoms with van der Waals surface area (Å²) in [5.41, 5.74) is 4.07. The van der Waals surface area contributed by atoms with Gasteiger partial charge in [0.2, 0.25) is 0 Å². The topological polar surface area (TPSA) is 59.3 Å². The molecule has 0 aliphatic rings. The van der Waals surface area contributed by atoms with E-state index in [0.717, 1.165) is 23.2 Å². The Morgan fingerprint density at radius 3 is 3.00 bits per heavy atom. The quantitative estimate of drug-likeness (QED) is 0.802. The third-order valence-corrected chi connectivity index (χ3v) is 3.50. The molecule has 0 spiro atoms. The summed E-state index contributed by atoms with van der Waals surface area (Å²) in [5.74, 6) is -0.187. The number of hydrogen-bond acceptors (Lipinski definition) is 3. The number of aryl methyl sites for hydroxylation is 2. The molecule has 0 unspecified atom stereocenters. The number of fused-ring (bicyclic) bond motifs is 1. The summed E-state index contributed by atoms with van der Waals surface area (Å²) in [6.07, 6.45) is 5.83. The molecule has 1 N–H and O–H groups in total. The maximum atomic E-state index is 12.5. The summed E-state index contributed by atoms with van der Waals surface area (Å²) in [7, 11) is 0. The Morgan fingerprint density at radius 1 is 1.33 bits per heavy atom. The van der Waals surface area contributed by atoms with Gasteiger partial charge in [0.25, 0.3) is 5.91 Å². The number of amides is 1. The van der Waals surface area contributed by atoms with Crippen molar-refractivity contribution in [3.63, 3.8) is 0 Å². The number of carbonyl (C=O) groups excluding carboxylic acids is 1. The van der Waals surface area contributed by atoms with Crippen molar-refractivity contribution in [2.24, 2.45) is 0 Å². The minimum Gasteiger partial charge on any atom is -0.321 e. The average molecular weight is 280 g/mol. The van der Waals surface area contributed by atoms with E-state index < -0.39 is 0 Å². The van der Waals surface area contributed by atoms with E-state index in [1.165, 1.54) is 0 Å². The van der Waals surface area contributed by atoms with Gasteiger partial charge in [-0.3, -0.25) is 4.79 Å². The lowest BCUT2D eigenvalue weighted by molar-refractivity contribution is 0.102. The van der Waals surface area contributed by atoms with E-state index in [4.69, 9.17) is 0 Å². The molecule has 2 heterocycles. The fourth-order valence-electron chi connectivity index (χ4n) is 2.37. The number of nitrogens with one attached hydrogen (secondary N) is 1. The largest absolute Gasteiger partial charge is 0.321 e. The number of aromatic nitrogens is 3. The Balaban J connectivity index is 1.97. The lowest BCUT2D eigenvalue weighted by Crippen LogP contribution is -2.14. The van der Waals surface area contributed by atoms with Gasteiger partial charge in [-0.15, -0.1) is 0 Å². The van der Waals surface area contributed by atoms with Crippen LogP contribution in [0.4, 0.5) is 5.69 Å². The van der Waals surface area contributed by atoms with Gasteiger partial charge in [-0.25, -0.2) is 9.50 Å². The maximum Gasteiger partial charge on any atom is 0.261 e. The highest BCUT2D eigenvalue weighted by Gasteiger charge is 2.15. The summed E-state index contributed by atoms with van der Waals surface area (Å²) < 4.78 is 1.59. The first kappa shape index (κ1) is 13.3. The summed E-state index contributed by atoms with van der Waals surface area (Å²) >= 11 is 0. The van der Waals surface area contributed by atoms with Crippen molar-refractivity contribution in [3.05, 3.63) is 59.5 Å². The second-order valence-corrected chi connectivity index (χ2v) is 4.86. The van der Waals surface area contributed by atoms with Crippen molar-refractivity contribution >= 4 is 17.2 Å². The molecule has 5 nitrogen and oxygen atoms in total. The number of hydrogen-bond donors (Lipinski definition) is 1. The molecule has 5 heteroatoms. The van der Waals surface area contributed by atoms with E-state index in [1.54, 1.807) is 29.2 Å². The van der Waals surface area contributed by atoms with Crippen molar-refractivity contribution in [1.29, 1.82) is 0 Å². The van der Waals surface area contributed by atoms with E-state index in [-0.39, 0.29) is 5.91 Å². The third kappa shape index (κ3) is 2.38. The molecule has 3 aromatic rings. The van der Waals surface area contributed by atoms with Gasteiger partial charge in [-0.1, -0.05) is 25.1 Å². The van der Waals surface area contributed by atoms with Crippen molar-refractivity contribution in [2.75, 3.05) is 5.32 Å². The molecule has 0 aliphatic carbocycles. The van der Waals surface area contributed by atoms with Gasteiger partial charge in [-0.2, -0.15) is 5.10 Å². The highest BCUT2D eigenvalue weighted by atomic mass is 16.1. The zero-order chi connectivity index (χ0) is 14.8. The SMILES string of the molecule is CCc1cccc(C)c1NC(=O)c1cnn2cccnc12. The first-order chi connectivity index (χ1) is 10.2. The molecule has 0 fully saturated rings. The zero-order valence-electron chi connectivity index (χ0n) is 12.0. The number of nitrogens with zero attached hydrogens (tertiary/aromatic N) is 3. The molecule has 0 atom stereocenters. The van der Waals surface area contributed by atoms with Crippen LogP contribution in [0.25, 0.3) is 5.65 Å². The molecule has 1 aromatic carbocycles. The van der Waals surface area contributed by atoms with Crippen LogP contribution in [0, 0.1) is 6.92 Å². The van der Waals surface area contributed by atoms with Crippen LogP contribution in [-0.4, -0.2) is 20.5 Å². The predicted molar refractivity (Wildman–Crippen MR) is 81.5 cm³/mol. The van der Waals surface area contributed by atoms with Crippen molar-refractivity contribution in [1.82, 2.24) is 14.6 Å². The van der Waals surface area contributed by atoms with E-state index in [9.17, 15) is 4.79 Å². The molecule has 21 heavy (non-hydrogen) atoms. The third-order valence-electron chi connectivity index (χ3n) is 3.50. The van der Waals surface area contributed by atoms with E-state index in [1.807, 2.05) is 25.1 Å². The van der Waals surface area contributed by atoms with Crippen LogP contribution in [0.2, 0.25) is 0 Å². The Hall–Kier alpha value is -2.69. The Bertz CT molecular complexity index is 807. The number of rotatable bonds is 3. The molecule has 0 radical (unpaired) electrons. The molecule has 0 bridgehead atoms. The minimum atomic E-state index is -0.187. The Labute approximate surface area is 122 Å². The lowest BCUT2D eigenvalue weighted by Gasteiger charge is -2.12. The summed E-state index contributed by atoms with van der Waals surface area (Å²) in [6.45, 7) is 4.06. The Kier molecular flexibility index (Phi) is 3.39. The molecule has 0 saturated carbocycles. The number of anilines is 1. The van der Waals surface area contributed by atoms with Crippen LogP contribution in [0.3, 0.4) is 0 Å². The summed E-state index contributed by atoms with van der Waals surface area (Å²) in [4.78, 5) is 16.7. The number of carbonyl (C=O) groups is 1. The van der Waals surface area contributed by atoms with Crippen LogP contribution in [0.1, 0.15) is 28.4 Å². The highest BCUT2D eigenvalue weighted by Crippen LogP contribution is 2.22. The van der Waals surface area contributed by atoms with E-state index in [2.05, 4.69) is 22.3 Å². The Morgan fingerprint density at radius 2 is 2.19 bits per heavy atom. The van der Waals surface area contributed by atoms with Crippen LogP contribution in [0.15, 0.2) is 42.9 Å². The van der Waals surface area contributed by atoms with Crippen LogP contribution in [0.5, 0.6) is 0 Å². The number of benzene rings is 1. The normalized spacial score (nSPS) is 10.8. The van der Waals surface area contributed by atoms with Crippen molar-refractivity contribution in [2.45, 2.75) is 20.3 Å². The standard InChI is InChI=1S/C16H16N4O/c1-3-12-7-4-6-11(2)14(12)19-16(21)13-10-18-20-9-5-8-17-15(13)20/h4-10H,3H2,1-2H3,(H,19,21). The molecule has 106 valence electrons. The monoisotopic (exact) mass is 280 g/mol. The first-order valence-electron chi connectivity index (χ1n) is 6.89. The van der Waals surface area contributed by atoms with Gasteiger partial charge < -0.3 is 5.32 Å². The summed E-state index contributed by atoms with van der Waals surface area (Å²) in [6, 6.07) is 7.79. The van der Waals surface area contributed by atoms with Gasteiger partial charge >= 0.3 is 0 Å². The average Bonchev–Trinajstić information content (AvgIpc) is 2.93. The molecule has 3 rings (SSSR count). The second kappa shape index (κ2) is 5.36. The van der Waals surface area contributed by atoms with Gasteiger partial charge in [0.1, 0.15) is 5.56 Å². The van der Waals surface area contributed by atoms with Crippen LogP contribution in [-0.2, 0) is 6.42 Å². The molecule has 0 saturated heterocycles. The van der Waals surface area contributed by atoms with E-state index in [0.29, 0.717) is 11.2 Å². The fraction of sp³-hybridized carbons (Fsp3) is 0.188. The maximum absolute atomic E-state index is 12.5. The fourth-order valence-corrected chi connectivity index (χ4v) is 2.37. The molecular weight excluding hydrogens is 264 g/mol. The second-order valence-electron chi connectivity index (χ2n) is 4.86. The van der Waals surface area contributed by atoms with E-state index >= 15 is 0 Å². The van der Waals surface area contributed by atoms with Gasteiger partial charge in [-0.05, 0) is 30.5 Å². The molecule has 2 aromatic heterocycles. The minimum absolute atomic E-state index is 0.187. The van der Waals surface area contributed by atoms with Crippen LogP contribution >= 0.6 is 0 Å². The predicted octanol–water partition coefficient (Wildman–Crippen LogP) is 2.85.